The molecule has 3 aromatic rings. The van der Waals surface area contributed by atoms with Gasteiger partial charge in [-0.05, 0) is 38.4 Å². The second-order valence-corrected chi connectivity index (χ2v) is 7.15. The molecular formula is C20H22N4O2S. The van der Waals surface area contributed by atoms with E-state index >= 15 is 0 Å². The minimum absolute atomic E-state index is 0.0857. The Morgan fingerprint density at radius 2 is 2.04 bits per heavy atom. The first kappa shape index (κ1) is 19.1. The van der Waals surface area contributed by atoms with Crippen molar-refractivity contribution in [1.82, 2.24) is 15.0 Å². The molecule has 27 heavy (non-hydrogen) atoms. The summed E-state index contributed by atoms with van der Waals surface area (Å²) in [5.74, 6) is 0.948. The number of aromatic nitrogens is 2. The van der Waals surface area contributed by atoms with E-state index in [4.69, 9.17) is 4.52 Å². The number of likely N-dealkylation sites (N-methyl/N-ethyl adjacent to an activating group) is 1. The number of thioether (sulfide) groups is 1. The lowest BCUT2D eigenvalue weighted by atomic mass is 10.1. The van der Waals surface area contributed by atoms with Crippen molar-refractivity contribution in [2.24, 2.45) is 0 Å². The molecule has 1 amide bonds. The van der Waals surface area contributed by atoms with Gasteiger partial charge in [0.25, 0.3) is 0 Å². The normalized spacial score (nSPS) is 11.0. The van der Waals surface area contributed by atoms with Crippen LogP contribution in [0.3, 0.4) is 0 Å². The van der Waals surface area contributed by atoms with Crippen LogP contribution in [-0.2, 0) is 11.3 Å². The molecule has 0 spiro atoms. The van der Waals surface area contributed by atoms with Gasteiger partial charge in [0.15, 0.2) is 0 Å². The summed E-state index contributed by atoms with van der Waals surface area (Å²) in [6.07, 6.45) is 1.98. The Hall–Kier alpha value is -2.64. The first-order chi connectivity index (χ1) is 13.0. The second-order valence-electron chi connectivity index (χ2n) is 6.30. The molecule has 0 aliphatic heterocycles. The molecule has 0 bridgehead atoms. The lowest BCUT2D eigenvalue weighted by Gasteiger charge is -2.15. The van der Waals surface area contributed by atoms with Crippen molar-refractivity contribution >= 4 is 23.4 Å². The molecule has 0 saturated carbocycles. The van der Waals surface area contributed by atoms with Crippen LogP contribution in [-0.4, -0.2) is 40.8 Å². The highest BCUT2D eigenvalue weighted by Gasteiger charge is 2.14. The van der Waals surface area contributed by atoms with Crippen molar-refractivity contribution in [2.75, 3.05) is 25.2 Å². The predicted octanol–water partition coefficient (Wildman–Crippen LogP) is 3.84. The zero-order chi connectivity index (χ0) is 19.2. The number of para-hydroxylation sites is 1. The van der Waals surface area contributed by atoms with Gasteiger partial charge in [-0.15, -0.1) is 11.8 Å². The van der Waals surface area contributed by atoms with Gasteiger partial charge < -0.3 is 9.84 Å². The SMILES string of the molecule is CSc1ccccc1NC(=O)CN(C)Cc1nc(-c2cccc(C)c2)no1. The summed E-state index contributed by atoms with van der Waals surface area (Å²) in [5, 5.41) is 6.98. The van der Waals surface area contributed by atoms with E-state index < -0.39 is 0 Å². The Bertz CT molecular complexity index is 926. The molecule has 0 aliphatic rings. The minimum atomic E-state index is -0.0857. The molecule has 6 nitrogen and oxygen atoms in total. The van der Waals surface area contributed by atoms with Crippen molar-refractivity contribution < 1.29 is 9.32 Å². The number of nitrogens with zero attached hydrogens (tertiary/aromatic N) is 3. The predicted molar refractivity (Wildman–Crippen MR) is 108 cm³/mol. The molecule has 0 atom stereocenters. The number of carbonyl (C=O) groups is 1. The van der Waals surface area contributed by atoms with Gasteiger partial charge in [-0.3, -0.25) is 9.69 Å². The average molecular weight is 382 g/mol. The van der Waals surface area contributed by atoms with E-state index in [0.717, 1.165) is 21.7 Å². The maximum atomic E-state index is 12.3. The zero-order valence-corrected chi connectivity index (χ0v) is 16.4. The van der Waals surface area contributed by atoms with Gasteiger partial charge in [-0.1, -0.05) is 41.1 Å². The highest BCUT2D eigenvalue weighted by Crippen LogP contribution is 2.24. The van der Waals surface area contributed by atoms with E-state index in [0.29, 0.717) is 18.3 Å². The lowest BCUT2D eigenvalue weighted by Crippen LogP contribution is -2.30. The second kappa shape index (κ2) is 8.83. The number of rotatable bonds is 7. The summed E-state index contributed by atoms with van der Waals surface area (Å²) in [5.41, 5.74) is 2.88. The van der Waals surface area contributed by atoms with Crippen LogP contribution in [0.4, 0.5) is 5.69 Å². The maximum absolute atomic E-state index is 12.3. The van der Waals surface area contributed by atoms with Crippen LogP contribution in [0.5, 0.6) is 0 Å². The quantitative estimate of drug-likeness (QED) is 0.626. The topological polar surface area (TPSA) is 71.3 Å². The fraction of sp³-hybridized carbons (Fsp3) is 0.250. The van der Waals surface area contributed by atoms with Crippen molar-refractivity contribution in [3.63, 3.8) is 0 Å². The summed E-state index contributed by atoms with van der Waals surface area (Å²) in [7, 11) is 1.84. The summed E-state index contributed by atoms with van der Waals surface area (Å²) < 4.78 is 5.33. The van der Waals surface area contributed by atoms with Gasteiger partial charge in [-0.2, -0.15) is 4.98 Å². The number of hydrogen-bond acceptors (Lipinski definition) is 6. The number of hydrogen-bond donors (Lipinski definition) is 1. The molecule has 0 radical (unpaired) electrons. The molecule has 0 saturated heterocycles. The van der Waals surface area contributed by atoms with E-state index in [2.05, 4.69) is 15.5 Å². The Morgan fingerprint density at radius 3 is 2.81 bits per heavy atom. The summed E-state index contributed by atoms with van der Waals surface area (Å²) in [6.45, 7) is 2.65. The maximum Gasteiger partial charge on any atom is 0.241 e. The fourth-order valence-corrected chi connectivity index (χ4v) is 3.24. The van der Waals surface area contributed by atoms with Gasteiger partial charge >= 0.3 is 0 Å². The molecule has 1 heterocycles. The molecule has 1 N–H and O–H groups in total. The van der Waals surface area contributed by atoms with Crippen LogP contribution in [0.2, 0.25) is 0 Å². The Labute approximate surface area is 163 Å². The first-order valence-electron chi connectivity index (χ1n) is 8.56. The third-order valence-electron chi connectivity index (χ3n) is 3.94. The molecule has 7 heteroatoms. The monoisotopic (exact) mass is 382 g/mol. The van der Waals surface area contributed by atoms with Gasteiger partial charge in [-0.25, -0.2) is 0 Å². The number of aryl methyl sites for hydroxylation is 1. The summed E-state index contributed by atoms with van der Waals surface area (Å²) in [4.78, 5) is 19.6. The Morgan fingerprint density at radius 1 is 1.22 bits per heavy atom. The van der Waals surface area contributed by atoms with Crippen LogP contribution in [0.1, 0.15) is 11.5 Å². The van der Waals surface area contributed by atoms with Crippen molar-refractivity contribution in [1.29, 1.82) is 0 Å². The molecule has 0 fully saturated rings. The Balaban J connectivity index is 1.58. The summed E-state index contributed by atoms with van der Waals surface area (Å²) in [6, 6.07) is 15.7. The van der Waals surface area contributed by atoms with E-state index in [1.165, 1.54) is 0 Å². The van der Waals surface area contributed by atoms with Crippen molar-refractivity contribution in [3.8, 4) is 11.4 Å². The zero-order valence-electron chi connectivity index (χ0n) is 15.6. The van der Waals surface area contributed by atoms with Crippen LogP contribution in [0, 0.1) is 6.92 Å². The average Bonchev–Trinajstić information content (AvgIpc) is 3.10. The van der Waals surface area contributed by atoms with Crippen molar-refractivity contribution in [2.45, 2.75) is 18.4 Å². The van der Waals surface area contributed by atoms with E-state index in [9.17, 15) is 4.79 Å². The van der Waals surface area contributed by atoms with Crippen LogP contribution in [0.25, 0.3) is 11.4 Å². The molecular weight excluding hydrogens is 360 g/mol. The molecule has 0 unspecified atom stereocenters. The lowest BCUT2D eigenvalue weighted by molar-refractivity contribution is -0.117. The van der Waals surface area contributed by atoms with Gasteiger partial charge in [0.05, 0.1) is 18.8 Å². The Kier molecular flexibility index (Phi) is 6.26. The molecule has 3 rings (SSSR count). The van der Waals surface area contributed by atoms with Crippen LogP contribution >= 0.6 is 11.8 Å². The van der Waals surface area contributed by atoms with Crippen molar-refractivity contribution in [3.05, 3.63) is 60.0 Å². The number of carbonyl (C=O) groups excluding carboxylic acids is 1. The highest BCUT2D eigenvalue weighted by molar-refractivity contribution is 7.98. The minimum Gasteiger partial charge on any atom is -0.338 e. The smallest absolute Gasteiger partial charge is 0.241 e. The van der Waals surface area contributed by atoms with E-state index in [-0.39, 0.29) is 12.5 Å². The van der Waals surface area contributed by atoms with E-state index in [1.54, 1.807) is 11.8 Å². The molecule has 0 aliphatic carbocycles. The first-order valence-corrected chi connectivity index (χ1v) is 9.78. The van der Waals surface area contributed by atoms with Gasteiger partial charge in [0.2, 0.25) is 17.6 Å². The molecule has 140 valence electrons. The standard InChI is InChI=1S/C20H22N4O2S/c1-14-7-6-8-15(11-14)20-22-19(26-23-20)13-24(2)12-18(25)21-16-9-4-5-10-17(16)27-3/h4-11H,12-13H2,1-3H3,(H,21,25). The van der Waals surface area contributed by atoms with E-state index in [1.807, 2.05) is 73.7 Å². The summed E-state index contributed by atoms with van der Waals surface area (Å²) >= 11 is 1.60. The van der Waals surface area contributed by atoms with Crippen LogP contribution < -0.4 is 5.32 Å². The number of nitrogens with one attached hydrogen (secondary N) is 1. The van der Waals surface area contributed by atoms with Gasteiger partial charge in [0, 0.05) is 10.5 Å². The molecule has 2 aromatic carbocycles. The third kappa shape index (κ3) is 5.18. The highest BCUT2D eigenvalue weighted by atomic mass is 32.2. The fourth-order valence-electron chi connectivity index (χ4n) is 2.69. The molecule has 1 aromatic heterocycles. The third-order valence-corrected chi connectivity index (χ3v) is 4.74. The number of benzene rings is 2. The van der Waals surface area contributed by atoms with Crippen LogP contribution in [0.15, 0.2) is 57.9 Å². The number of amides is 1. The number of anilines is 1. The van der Waals surface area contributed by atoms with Gasteiger partial charge in [0.1, 0.15) is 0 Å². The largest absolute Gasteiger partial charge is 0.338 e.